The Morgan fingerprint density at radius 2 is 0.514 bits per heavy atom. The van der Waals surface area contributed by atoms with E-state index in [2.05, 4.69) is 36.8 Å². The smallest absolute Gasteiger partial charge is 0.257 e. The molecule has 3 saturated heterocycles. The molecule has 0 atom stereocenters. The first-order valence-corrected chi connectivity index (χ1v) is 35.4. The Morgan fingerprint density at radius 3 is 0.743 bits per heavy atom. The molecule has 0 bridgehead atoms. The number of amidine groups is 3. The van der Waals surface area contributed by atoms with Crippen molar-refractivity contribution in [2.24, 2.45) is 0 Å². The van der Waals surface area contributed by atoms with Gasteiger partial charge in [0.1, 0.15) is 34.8 Å². The Hall–Kier alpha value is -10.7. The maximum absolute atomic E-state index is 13.1. The fraction of sp³-hybridized carbons (Fsp3) is 0.192. The molecule has 0 aromatic heterocycles. The number of carbonyl (C=O) groups is 6. The molecule has 540 valence electrons. The van der Waals surface area contributed by atoms with Crippen LogP contribution in [0.1, 0.15) is 117 Å². The highest BCUT2D eigenvalue weighted by Crippen LogP contribution is 2.37. The first kappa shape index (κ1) is 77.0. The Kier molecular flexibility index (Phi) is 26.5. The van der Waals surface area contributed by atoms with Gasteiger partial charge in [0.15, 0.2) is 0 Å². The summed E-state index contributed by atoms with van der Waals surface area (Å²) in [6, 6.07) is 49.4. The first-order valence-electron chi connectivity index (χ1n) is 33.2. The van der Waals surface area contributed by atoms with Crippen LogP contribution in [-0.4, -0.2) is 128 Å². The molecule has 3 fully saturated rings. The quantitative estimate of drug-likeness (QED) is 0.0286. The molecular weight excluding hydrogens is 1460 g/mol. The van der Waals surface area contributed by atoms with Crippen molar-refractivity contribution in [2.45, 2.75) is 38.5 Å². The van der Waals surface area contributed by atoms with E-state index in [1.54, 1.807) is 146 Å². The maximum atomic E-state index is 13.1. The van der Waals surface area contributed by atoms with Gasteiger partial charge in [0.2, 0.25) is 0 Å². The van der Waals surface area contributed by atoms with Crippen molar-refractivity contribution < 1.29 is 43.0 Å². The van der Waals surface area contributed by atoms with Crippen molar-refractivity contribution in [3.8, 4) is 17.2 Å². The second kappa shape index (κ2) is 36.2. The number of hydrogen-bond acceptors (Lipinski definition) is 12. The Labute approximate surface area is 636 Å². The van der Waals surface area contributed by atoms with Gasteiger partial charge in [0.05, 0.1) is 55.1 Å². The first-order chi connectivity index (χ1) is 50.6. The van der Waals surface area contributed by atoms with Crippen molar-refractivity contribution >= 4 is 157 Å². The van der Waals surface area contributed by atoms with Gasteiger partial charge in [-0.25, -0.2) is 0 Å². The third kappa shape index (κ3) is 20.2. The zero-order valence-corrected chi connectivity index (χ0v) is 61.6. The van der Waals surface area contributed by atoms with E-state index >= 15 is 0 Å². The van der Waals surface area contributed by atoms with E-state index in [1.165, 1.54) is 64.1 Å². The topological polar surface area (TPSA) is 284 Å². The van der Waals surface area contributed by atoms with Crippen molar-refractivity contribution in [1.82, 2.24) is 14.7 Å². The van der Waals surface area contributed by atoms with E-state index < -0.39 is 35.4 Å². The lowest BCUT2D eigenvalue weighted by atomic mass is 10.1. The average Bonchev–Trinajstić information content (AvgIpc) is 1.17. The summed E-state index contributed by atoms with van der Waals surface area (Å²) in [4.78, 5) is 84.4. The second-order valence-electron chi connectivity index (χ2n) is 24.2. The number of halogens is 6. The van der Waals surface area contributed by atoms with Crippen LogP contribution in [0.15, 0.2) is 182 Å². The Bertz CT molecular complexity index is 4710. The van der Waals surface area contributed by atoms with Gasteiger partial charge in [-0.15, -0.1) is 0 Å². The minimum atomic E-state index is -0.475. The lowest BCUT2D eigenvalue weighted by Crippen LogP contribution is -2.42. The molecule has 0 radical (unpaired) electrons. The number of benzene rings is 9. The van der Waals surface area contributed by atoms with Gasteiger partial charge in [0.25, 0.3) is 35.4 Å². The van der Waals surface area contributed by atoms with Gasteiger partial charge in [-0.05, 0) is 166 Å². The van der Waals surface area contributed by atoms with Gasteiger partial charge in [-0.2, -0.15) is 0 Å². The van der Waals surface area contributed by atoms with Crippen LogP contribution >= 0.6 is 69.6 Å². The predicted octanol–water partition coefficient (Wildman–Crippen LogP) is 17.8. The van der Waals surface area contributed by atoms with Crippen molar-refractivity contribution in [3.05, 3.63) is 262 Å². The Balaban J connectivity index is 0.000000169. The molecule has 12 rings (SSSR count). The molecule has 9 aromatic rings. The molecule has 0 aliphatic carbocycles. The number of rotatable bonds is 18. The number of ether oxygens (including phenoxy) is 3. The molecule has 27 heteroatoms. The number of nitrogens with zero attached hydrogens (tertiary/aromatic N) is 3. The van der Waals surface area contributed by atoms with Crippen LogP contribution in [-0.2, 0) is 0 Å². The third-order valence-corrected chi connectivity index (χ3v) is 18.6. The van der Waals surface area contributed by atoms with E-state index in [0.29, 0.717) is 66.3 Å². The van der Waals surface area contributed by atoms with Crippen molar-refractivity contribution in [1.29, 1.82) is 16.2 Å². The van der Waals surface area contributed by atoms with Gasteiger partial charge >= 0.3 is 0 Å². The van der Waals surface area contributed by atoms with Crippen molar-refractivity contribution in [2.75, 3.05) is 92.5 Å². The molecule has 0 spiro atoms. The normalized spacial score (nSPS) is 12.8. The SMILES string of the molecule is COc1cc(Cl)cc(C(=O)Nc2ccc(Cl)cc2)c1NC(=O)c1ccc(C(=N)N2CCC2)cc1.COc1cc(Cl)cc(C(=O)Nc2ccc(Cl)cc2)c1NC(=O)c1ccc(C(=N)N2CCCC2)cc1.COc1cc(Cl)cc(C(=O)Nc2ccc(Cl)cc2)c1NC(=O)c1ccc(C(=N)N2CCCCC2)cc1. The Morgan fingerprint density at radius 1 is 0.286 bits per heavy atom. The highest BCUT2D eigenvalue weighted by molar-refractivity contribution is 6.34. The van der Waals surface area contributed by atoms with E-state index in [9.17, 15) is 28.8 Å². The summed E-state index contributed by atoms with van der Waals surface area (Å²) in [5.41, 5.74) is 5.99. The van der Waals surface area contributed by atoms with E-state index in [0.717, 1.165) is 88.1 Å². The van der Waals surface area contributed by atoms with E-state index in [4.69, 9.17) is 100 Å². The molecule has 9 aromatic carbocycles. The fourth-order valence-electron chi connectivity index (χ4n) is 11.4. The number of amides is 6. The summed E-state index contributed by atoms with van der Waals surface area (Å²) in [6.07, 6.45) is 6.61. The number of nitrogens with one attached hydrogen (secondary N) is 9. The van der Waals surface area contributed by atoms with Gasteiger partial charge in [0, 0.05) is 138 Å². The molecule has 3 aliphatic rings. The zero-order valence-electron chi connectivity index (χ0n) is 57.1. The summed E-state index contributed by atoms with van der Waals surface area (Å²) >= 11 is 36.4. The number of carbonyl (C=O) groups excluding carboxylic acids is 6. The van der Waals surface area contributed by atoms with Crippen LogP contribution in [0.4, 0.5) is 34.1 Å². The number of anilines is 6. The number of piperidine rings is 1. The van der Waals surface area contributed by atoms with E-state index in [-0.39, 0.29) is 66.1 Å². The number of hydrogen-bond donors (Lipinski definition) is 9. The summed E-state index contributed by atoms with van der Waals surface area (Å²) in [5, 5.41) is 44.2. The number of likely N-dealkylation sites (tertiary alicyclic amines) is 3. The standard InChI is InChI=1S/C27H26Cl2N4O3.C26H24Cl2N4O3.C25H22Cl2N4O3/c1-36-23-16-20(29)15-22(27(35)31-21-11-9-19(28)10-12-21)24(23)32-26(34)18-7-5-17(6-8-18)25(30)33-13-3-2-4-14-33;1-35-22-15-19(28)14-21(26(34)30-20-10-8-18(27)9-11-20)23(22)31-25(33)17-6-4-16(5-7-17)24(29)32-12-2-3-13-32;1-34-21-14-18(27)13-20(25(33)29-19-9-7-17(26)8-10-19)22(21)30-24(32)16-5-3-15(4-6-16)23(28)31-11-2-12-31/h5-12,15-16,30H,2-4,13-14H2,1H3,(H,31,35)(H,32,34);4-11,14-15,29H,2-3,12-13H2,1H3,(H,30,34)(H,31,33);3-10,13-14,28H,2,11-12H2,1H3,(H,29,33)(H,30,32). The lowest BCUT2D eigenvalue weighted by molar-refractivity contribution is 0.101. The molecule has 0 saturated carbocycles. The van der Waals surface area contributed by atoms with Crippen LogP contribution in [0.2, 0.25) is 30.1 Å². The second-order valence-corrected chi connectivity index (χ2v) is 26.8. The summed E-state index contributed by atoms with van der Waals surface area (Å²) in [6.45, 7) is 5.24. The van der Waals surface area contributed by atoms with E-state index in [1.807, 2.05) is 9.80 Å². The summed E-state index contributed by atoms with van der Waals surface area (Å²) in [7, 11) is 4.29. The summed E-state index contributed by atoms with van der Waals surface area (Å²) in [5.74, 6) is -0.594. The van der Waals surface area contributed by atoms with Crippen LogP contribution in [0, 0.1) is 16.2 Å². The highest BCUT2D eigenvalue weighted by Gasteiger charge is 2.27. The molecule has 3 heterocycles. The van der Waals surface area contributed by atoms with Crippen LogP contribution in [0.5, 0.6) is 17.2 Å². The fourth-order valence-corrected chi connectivity index (χ4v) is 12.4. The monoisotopic (exact) mass is 1530 g/mol. The molecule has 9 N–H and O–H groups in total. The predicted molar refractivity (Wildman–Crippen MR) is 418 cm³/mol. The number of methoxy groups -OCH3 is 3. The largest absolute Gasteiger partial charge is 0.494 e. The molecular formula is C78H72Cl6N12O9. The molecule has 0 unspecified atom stereocenters. The average molecular weight is 1530 g/mol. The van der Waals surface area contributed by atoms with Gasteiger partial charge < -0.3 is 60.8 Å². The van der Waals surface area contributed by atoms with Crippen molar-refractivity contribution in [3.63, 3.8) is 0 Å². The van der Waals surface area contributed by atoms with Gasteiger partial charge in [-0.3, -0.25) is 45.0 Å². The maximum Gasteiger partial charge on any atom is 0.257 e. The third-order valence-electron chi connectivity index (χ3n) is 17.1. The van der Waals surface area contributed by atoms with Gasteiger partial charge in [-0.1, -0.05) is 106 Å². The minimum absolute atomic E-state index is 0.142. The molecule has 21 nitrogen and oxygen atoms in total. The van der Waals surface area contributed by atoms with Crippen LogP contribution < -0.4 is 46.1 Å². The molecule has 105 heavy (non-hydrogen) atoms. The summed E-state index contributed by atoms with van der Waals surface area (Å²) < 4.78 is 16.2. The molecule has 3 aliphatic heterocycles. The zero-order chi connectivity index (χ0) is 74.8. The van der Waals surface area contributed by atoms with Crippen LogP contribution in [0.25, 0.3) is 0 Å². The molecule has 6 amide bonds. The van der Waals surface area contributed by atoms with Crippen LogP contribution in [0.3, 0.4) is 0 Å². The minimum Gasteiger partial charge on any atom is -0.494 e. The highest BCUT2D eigenvalue weighted by atomic mass is 35.5. The lowest BCUT2D eigenvalue weighted by Gasteiger charge is -2.33.